The Labute approximate surface area is 224 Å². The summed E-state index contributed by atoms with van der Waals surface area (Å²) in [6.07, 6.45) is 2.19. The van der Waals surface area contributed by atoms with E-state index < -0.39 is 35.6 Å². The molecule has 0 spiro atoms. The molecule has 3 rings (SSSR count). The zero-order valence-corrected chi connectivity index (χ0v) is 23.8. The first-order chi connectivity index (χ1) is 17.4. The lowest BCUT2D eigenvalue weighted by Gasteiger charge is -2.34. The first-order valence-corrected chi connectivity index (χ1v) is 14.3. The van der Waals surface area contributed by atoms with E-state index >= 15 is 0 Å². The van der Waals surface area contributed by atoms with E-state index in [2.05, 4.69) is 9.88 Å². The lowest BCUT2D eigenvalue weighted by atomic mass is 9.73. The summed E-state index contributed by atoms with van der Waals surface area (Å²) in [6, 6.07) is 0.434. The molecule has 208 valence electrons. The van der Waals surface area contributed by atoms with Crippen molar-refractivity contribution in [3.05, 3.63) is 21.7 Å². The number of aromatic nitrogens is 1. The van der Waals surface area contributed by atoms with Crippen LogP contribution in [0.4, 0.5) is 0 Å². The van der Waals surface area contributed by atoms with Crippen LogP contribution in [0.25, 0.3) is 6.08 Å². The van der Waals surface area contributed by atoms with Gasteiger partial charge in [0.25, 0.3) is 0 Å². The predicted molar refractivity (Wildman–Crippen MR) is 144 cm³/mol. The summed E-state index contributed by atoms with van der Waals surface area (Å²) in [6.45, 7) is 11.4. The molecule has 0 aliphatic carbocycles. The second-order valence-electron chi connectivity index (χ2n) is 11.5. The Morgan fingerprint density at radius 3 is 2.57 bits per heavy atom. The molecule has 9 heteroatoms. The molecule has 2 aliphatic rings. The number of ether oxygens (including phenoxy) is 1. The van der Waals surface area contributed by atoms with E-state index in [-0.39, 0.29) is 36.8 Å². The van der Waals surface area contributed by atoms with Crippen LogP contribution in [0.1, 0.15) is 77.4 Å². The van der Waals surface area contributed by atoms with E-state index in [1.807, 2.05) is 32.2 Å². The number of carbonyl (C=O) groups is 2. The fraction of sp³-hybridized carbons (Fsp3) is 0.750. The topological polar surface area (TPSA) is 120 Å². The highest BCUT2D eigenvalue weighted by Gasteiger charge is 2.48. The van der Waals surface area contributed by atoms with Crippen LogP contribution in [0.3, 0.4) is 0 Å². The minimum atomic E-state index is -1.24. The fourth-order valence-corrected chi connectivity index (χ4v) is 6.22. The lowest BCUT2D eigenvalue weighted by Crippen LogP contribution is -2.45. The monoisotopic (exact) mass is 536 g/mol. The molecule has 1 aromatic heterocycles. The van der Waals surface area contributed by atoms with Crippen molar-refractivity contribution in [2.45, 2.75) is 104 Å². The van der Waals surface area contributed by atoms with E-state index in [0.29, 0.717) is 13.0 Å². The first-order valence-electron chi connectivity index (χ1n) is 13.4. The molecule has 2 saturated heterocycles. The van der Waals surface area contributed by atoms with Gasteiger partial charge in [0.1, 0.15) is 11.9 Å². The molecule has 8 nitrogen and oxygen atoms in total. The molecular formula is C28H44N2O6S. The number of nitrogens with zero attached hydrogens (tertiary/aromatic N) is 2. The SMILES string of the molecule is CC(=Cc1csc(C)n1)C1CC2C(CCCC(C)C(O)C(C)C(=O)C(C)(C)C(O)CC(=O)O1)N2CCO. The van der Waals surface area contributed by atoms with Crippen molar-refractivity contribution in [3.8, 4) is 0 Å². The predicted octanol–water partition coefficient (Wildman–Crippen LogP) is 3.37. The zero-order chi connectivity index (χ0) is 27.5. The second kappa shape index (κ2) is 12.5. The van der Waals surface area contributed by atoms with Crippen molar-refractivity contribution >= 4 is 29.2 Å². The van der Waals surface area contributed by atoms with Crippen molar-refractivity contribution in [2.75, 3.05) is 13.2 Å². The smallest absolute Gasteiger partial charge is 0.309 e. The summed E-state index contributed by atoms with van der Waals surface area (Å²) >= 11 is 1.55. The van der Waals surface area contributed by atoms with Gasteiger partial charge < -0.3 is 20.1 Å². The number of hydrogen-bond donors (Lipinski definition) is 3. The van der Waals surface area contributed by atoms with Gasteiger partial charge in [0.15, 0.2) is 0 Å². The zero-order valence-electron chi connectivity index (χ0n) is 23.0. The van der Waals surface area contributed by atoms with Crippen LogP contribution in [0.15, 0.2) is 11.0 Å². The molecule has 0 amide bonds. The van der Waals surface area contributed by atoms with Gasteiger partial charge in [0.2, 0.25) is 0 Å². The number of thiazole rings is 1. The molecule has 37 heavy (non-hydrogen) atoms. The number of aliphatic hydroxyl groups excluding tert-OH is 3. The van der Waals surface area contributed by atoms with Gasteiger partial charge in [-0.25, -0.2) is 4.98 Å². The molecule has 8 unspecified atom stereocenters. The van der Waals surface area contributed by atoms with Crippen molar-refractivity contribution in [3.63, 3.8) is 0 Å². The number of esters is 1. The minimum Gasteiger partial charge on any atom is -0.458 e. The highest BCUT2D eigenvalue weighted by molar-refractivity contribution is 7.09. The number of cyclic esters (lactones) is 1. The minimum absolute atomic E-state index is 0.0559. The van der Waals surface area contributed by atoms with Crippen molar-refractivity contribution < 1.29 is 29.6 Å². The van der Waals surface area contributed by atoms with E-state index in [1.54, 1.807) is 32.1 Å². The van der Waals surface area contributed by atoms with Crippen LogP contribution in [-0.4, -0.2) is 80.5 Å². The Kier molecular flexibility index (Phi) is 10.1. The summed E-state index contributed by atoms with van der Waals surface area (Å²) < 4.78 is 5.94. The number of carbonyl (C=O) groups excluding carboxylic acids is 2. The van der Waals surface area contributed by atoms with Gasteiger partial charge >= 0.3 is 5.97 Å². The molecular weight excluding hydrogens is 492 g/mol. The Morgan fingerprint density at radius 1 is 1.24 bits per heavy atom. The van der Waals surface area contributed by atoms with Crippen molar-refractivity contribution in [1.29, 1.82) is 0 Å². The number of aliphatic hydroxyl groups is 3. The molecule has 3 N–H and O–H groups in total. The van der Waals surface area contributed by atoms with E-state index in [4.69, 9.17) is 4.74 Å². The molecule has 2 aliphatic heterocycles. The maximum atomic E-state index is 13.3. The number of Topliss-reactive ketones (excluding diaryl/α,β-unsaturated/α-hetero) is 1. The van der Waals surface area contributed by atoms with Gasteiger partial charge in [-0.05, 0) is 44.3 Å². The van der Waals surface area contributed by atoms with Crippen LogP contribution in [0.2, 0.25) is 0 Å². The number of β-amino-alcohol motifs (C(OH)–C–C–N with tert-alkyl or cyclic N) is 1. The molecule has 0 aromatic carbocycles. The van der Waals surface area contributed by atoms with Crippen molar-refractivity contribution in [1.82, 2.24) is 9.88 Å². The van der Waals surface area contributed by atoms with Crippen LogP contribution < -0.4 is 0 Å². The quantitative estimate of drug-likeness (QED) is 0.396. The highest BCUT2D eigenvalue weighted by atomic mass is 32.1. The van der Waals surface area contributed by atoms with Crippen LogP contribution in [0, 0.1) is 24.2 Å². The molecule has 8 atom stereocenters. The maximum absolute atomic E-state index is 13.3. The third-order valence-corrected chi connectivity index (χ3v) is 9.10. The third kappa shape index (κ3) is 7.26. The summed E-state index contributed by atoms with van der Waals surface area (Å²) in [5.74, 6) is -1.57. The Balaban J connectivity index is 1.88. The van der Waals surface area contributed by atoms with Crippen molar-refractivity contribution in [2.24, 2.45) is 17.3 Å². The van der Waals surface area contributed by atoms with E-state index in [1.165, 1.54) is 0 Å². The van der Waals surface area contributed by atoms with Gasteiger partial charge in [0.05, 0.1) is 41.4 Å². The summed E-state index contributed by atoms with van der Waals surface area (Å²) in [5.41, 5.74) is 0.467. The average molecular weight is 537 g/mol. The molecule has 0 bridgehead atoms. The number of fused-ring (bicyclic) bond motifs is 1. The van der Waals surface area contributed by atoms with Gasteiger partial charge in [-0.2, -0.15) is 0 Å². The molecule has 1 aromatic rings. The largest absolute Gasteiger partial charge is 0.458 e. The summed E-state index contributed by atoms with van der Waals surface area (Å²) in [4.78, 5) is 33.1. The van der Waals surface area contributed by atoms with Crippen LogP contribution in [0.5, 0.6) is 0 Å². The Bertz CT molecular complexity index is 976. The number of rotatable bonds is 4. The fourth-order valence-electron chi connectivity index (χ4n) is 5.65. The second-order valence-corrected chi connectivity index (χ2v) is 12.5. The Hall–Kier alpha value is -1.65. The maximum Gasteiger partial charge on any atom is 0.309 e. The Morgan fingerprint density at radius 2 is 1.95 bits per heavy atom. The number of hydrogen-bond acceptors (Lipinski definition) is 9. The standard InChI is InChI=1S/C28H44N2O6S/c1-16-8-7-9-21-22(30(21)10-11-31)13-23(17(2)12-20-15-37-19(4)29-20)36-25(33)14-24(32)28(5,6)27(35)18(3)26(16)34/h12,15-16,18,21-24,26,31-32,34H,7-11,13-14H2,1-6H3. The number of aryl methyl sites for hydroxylation is 1. The third-order valence-electron chi connectivity index (χ3n) is 8.31. The average Bonchev–Trinajstić information content (AvgIpc) is 3.29. The van der Waals surface area contributed by atoms with E-state index in [9.17, 15) is 24.9 Å². The van der Waals surface area contributed by atoms with Crippen LogP contribution in [-0.2, 0) is 14.3 Å². The molecule has 2 fully saturated rings. The van der Waals surface area contributed by atoms with Crippen LogP contribution >= 0.6 is 11.3 Å². The lowest BCUT2D eigenvalue weighted by molar-refractivity contribution is -0.154. The van der Waals surface area contributed by atoms with Gasteiger partial charge in [-0.1, -0.05) is 34.1 Å². The normalized spacial score (nSPS) is 36.1. The molecule has 0 radical (unpaired) electrons. The number of ketones is 1. The van der Waals surface area contributed by atoms with Gasteiger partial charge in [-0.15, -0.1) is 11.3 Å². The first kappa shape index (κ1) is 29.9. The van der Waals surface area contributed by atoms with Gasteiger partial charge in [-0.3, -0.25) is 14.5 Å². The van der Waals surface area contributed by atoms with Gasteiger partial charge in [0, 0.05) is 36.3 Å². The van der Waals surface area contributed by atoms with E-state index in [0.717, 1.165) is 35.5 Å². The molecule has 0 saturated carbocycles. The molecule has 3 heterocycles. The summed E-state index contributed by atoms with van der Waals surface area (Å²) in [7, 11) is 0. The summed E-state index contributed by atoms with van der Waals surface area (Å²) in [5, 5.41) is 34.3. The highest BCUT2D eigenvalue weighted by Crippen LogP contribution is 2.39.